The fourth-order valence-electron chi connectivity index (χ4n) is 5.99. The Balaban J connectivity index is 1.34. The van der Waals surface area contributed by atoms with Gasteiger partial charge < -0.3 is 4.84 Å². The summed E-state index contributed by atoms with van der Waals surface area (Å²) in [5.41, 5.74) is 1.75. The van der Waals surface area contributed by atoms with Gasteiger partial charge in [-0.25, -0.2) is 0 Å². The van der Waals surface area contributed by atoms with Crippen molar-refractivity contribution in [3.63, 3.8) is 0 Å². The van der Waals surface area contributed by atoms with Crippen LogP contribution in [0.25, 0.3) is 0 Å². The van der Waals surface area contributed by atoms with E-state index in [4.69, 9.17) is 16.4 Å². The number of rotatable bonds is 3. The lowest BCUT2D eigenvalue weighted by atomic mass is 9.71. The Hall–Kier alpha value is -3.26. The van der Waals surface area contributed by atoms with Gasteiger partial charge in [-0.05, 0) is 36.6 Å². The van der Waals surface area contributed by atoms with Gasteiger partial charge in [0.2, 0.25) is 11.8 Å². The predicted octanol–water partition coefficient (Wildman–Crippen LogP) is 3.42. The summed E-state index contributed by atoms with van der Waals surface area (Å²) in [6.07, 6.45) is 0.423. The summed E-state index contributed by atoms with van der Waals surface area (Å²) in [6.45, 7) is 0. The topological polar surface area (TPSA) is 102 Å². The van der Waals surface area contributed by atoms with E-state index < -0.39 is 16.8 Å². The number of carbonyl (C=O) groups is 2. The number of hydrogen-bond donors (Lipinski definition) is 0. The molecule has 156 valence electrons. The zero-order valence-electron chi connectivity index (χ0n) is 16.1. The molecule has 9 heteroatoms. The number of anilines is 1. The molecule has 3 fully saturated rings. The van der Waals surface area contributed by atoms with Crippen molar-refractivity contribution in [1.29, 1.82) is 0 Å². The van der Waals surface area contributed by atoms with Crippen molar-refractivity contribution in [1.82, 2.24) is 0 Å². The van der Waals surface area contributed by atoms with Crippen LogP contribution in [0.15, 0.2) is 53.7 Å². The van der Waals surface area contributed by atoms with E-state index in [1.54, 1.807) is 36.4 Å². The summed E-state index contributed by atoms with van der Waals surface area (Å²) < 4.78 is 0. The van der Waals surface area contributed by atoms with E-state index >= 15 is 0 Å². The average molecular weight is 438 g/mol. The van der Waals surface area contributed by atoms with Gasteiger partial charge in [0.15, 0.2) is 0 Å². The van der Waals surface area contributed by atoms with Crippen LogP contribution in [-0.4, -0.2) is 28.6 Å². The molecule has 8 nitrogen and oxygen atoms in total. The molecule has 2 saturated carbocycles. The van der Waals surface area contributed by atoms with Gasteiger partial charge in [-0.15, -0.1) is 0 Å². The van der Waals surface area contributed by atoms with E-state index in [1.807, 2.05) is 0 Å². The van der Waals surface area contributed by atoms with E-state index in [1.165, 1.54) is 17.0 Å². The monoisotopic (exact) mass is 437 g/mol. The fourth-order valence-corrected chi connectivity index (χ4v) is 6.11. The normalized spacial score (nSPS) is 32.7. The Bertz CT molecular complexity index is 1180. The first kappa shape index (κ1) is 18.5. The minimum absolute atomic E-state index is 0.0225. The van der Waals surface area contributed by atoms with E-state index in [9.17, 15) is 19.7 Å². The Kier molecular flexibility index (Phi) is 3.80. The maximum atomic E-state index is 13.3. The van der Waals surface area contributed by atoms with Gasteiger partial charge in [0.1, 0.15) is 6.10 Å². The van der Waals surface area contributed by atoms with Gasteiger partial charge >= 0.3 is 0 Å². The van der Waals surface area contributed by atoms with Crippen LogP contribution in [0.5, 0.6) is 0 Å². The number of nitrogens with zero attached hydrogens (tertiary/aromatic N) is 3. The molecule has 6 atom stereocenters. The molecule has 2 aliphatic carbocycles. The molecule has 2 aromatic carbocycles. The second-order valence-corrected chi connectivity index (χ2v) is 8.92. The molecule has 2 aromatic rings. The van der Waals surface area contributed by atoms with Gasteiger partial charge in [-0.1, -0.05) is 28.9 Å². The summed E-state index contributed by atoms with van der Waals surface area (Å²) in [7, 11) is 0. The first-order chi connectivity index (χ1) is 15.0. The highest BCUT2D eigenvalue weighted by Gasteiger charge is 2.70. The maximum Gasteiger partial charge on any atom is 0.270 e. The summed E-state index contributed by atoms with van der Waals surface area (Å²) in [5, 5.41) is 16.0. The average Bonchev–Trinajstić information content (AvgIpc) is 3.49. The second-order valence-electron chi connectivity index (χ2n) is 8.48. The third-order valence-corrected chi connectivity index (χ3v) is 7.38. The smallest absolute Gasteiger partial charge is 0.270 e. The Labute approximate surface area is 181 Å². The molecule has 4 aliphatic rings. The van der Waals surface area contributed by atoms with Crippen molar-refractivity contribution < 1.29 is 19.3 Å². The van der Waals surface area contributed by atoms with E-state index in [0.29, 0.717) is 28.4 Å². The zero-order valence-corrected chi connectivity index (χ0v) is 16.8. The van der Waals surface area contributed by atoms with Crippen LogP contribution in [0.1, 0.15) is 12.0 Å². The van der Waals surface area contributed by atoms with Crippen molar-refractivity contribution in [2.75, 3.05) is 4.90 Å². The van der Waals surface area contributed by atoms with Gasteiger partial charge in [-0.3, -0.25) is 24.6 Å². The lowest BCUT2D eigenvalue weighted by Gasteiger charge is -2.29. The van der Waals surface area contributed by atoms with Crippen LogP contribution >= 0.6 is 11.6 Å². The maximum absolute atomic E-state index is 13.3. The van der Waals surface area contributed by atoms with Crippen molar-refractivity contribution in [3.8, 4) is 0 Å². The molecular formula is C22H16ClN3O5. The largest absolute Gasteiger partial charge is 0.391 e. The predicted molar refractivity (Wildman–Crippen MR) is 111 cm³/mol. The van der Waals surface area contributed by atoms with E-state index in [2.05, 4.69) is 5.16 Å². The fraction of sp³-hybridized carbons (Fsp3) is 0.318. The van der Waals surface area contributed by atoms with Crippen molar-refractivity contribution >= 4 is 40.5 Å². The highest BCUT2D eigenvalue weighted by atomic mass is 35.5. The van der Waals surface area contributed by atoms with Crippen LogP contribution in [0.4, 0.5) is 11.4 Å². The van der Waals surface area contributed by atoms with Crippen LogP contribution < -0.4 is 4.90 Å². The summed E-state index contributed by atoms with van der Waals surface area (Å²) in [5.74, 6) is -1.60. The number of oxime groups is 1. The minimum Gasteiger partial charge on any atom is -0.391 e. The molecule has 31 heavy (non-hydrogen) atoms. The molecule has 1 saturated heterocycles. The number of non-ortho nitro benzene ring substituents is 1. The number of benzene rings is 2. The van der Waals surface area contributed by atoms with Crippen LogP contribution in [0.2, 0.25) is 5.02 Å². The van der Waals surface area contributed by atoms with Gasteiger partial charge in [0.25, 0.3) is 5.69 Å². The number of amides is 2. The molecule has 6 rings (SSSR count). The van der Waals surface area contributed by atoms with Gasteiger partial charge in [-0.2, -0.15) is 0 Å². The minimum atomic E-state index is -0.447. The number of halogens is 1. The number of fused-ring (bicyclic) bond motifs is 8. The van der Waals surface area contributed by atoms with Crippen molar-refractivity contribution in [2.45, 2.75) is 12.5 Å². The molecular weight excluding hydrogens is 422 g/mol. The van der Waals surface area contributed by atoms with Crippen LogP contribution in [-0.2, 0) is 14.4 Å². The lowest BCUT2D eigenvalue weighted by molar-refractivity contribution is -0.384. The molecule has 2 aliphatic heterocycles. The summed E-state index contributed by atoms with van der Waals surface area (Å²) in [6, 6.07) is 13.0. The summed E-state index contributed by atoms with van der Waals surface area (Å²) in [4.78, 5) is 44.3. The molecule has 2 heterocycles. The molecule has 0 radical (unpaired) electrons. The number of nitro benzene ring substituents is 1. The molecule has 2 amide bonds. The zero-order chi connectivity index (χ0) is 21.4. The molecule has 0 unspecified atom stereocenters. The first-order valence-electron chi connectivity index (χ1n) is 10.1. The first-order valence-corrected chi connectivity index (χ1v) is 10.5. The van der Waals surface area contributed by atoms with E-state index in [0.717, 1.165) is 0 Å². The lowest BCUT2D eigenvalue weighted by Crippen LogP contribution is -2.41. The summed E-state index contributed by atoms with van der Waals surface area (Å²) >= 11 is 5.95. The number of hydrogen-bond acceptors (Lipinski definition) is 6. The third-order valence-electron chi connectivity index (χ3n) is 7.13. The highest BCUT2D eigenvalue weighted by molar-refractivity contribution is 6.31. The van der Waals surface area contributed by atoms with Crippen molar-refractivity contribution in [2.24, 2.45) is 34.7 Å². The van der Waals surface area contributed by atoms with Crippen LogP contribution in [0, 0.1) is 39.7 Å². The molecule has 0 spiro atoms. The third kappa shape index (κ3) is 2.45. The second kappa shape index (κ2) is 6.37. The Morgan fingerprint density at radius 2 is 1.74 bits per heavy atom. The standard InChI is InChI=1S/C22H16ClN3O5/c23-11-4-6-12(7-5-11)25-21(27)16-14-9-15(17(16)22(25)28)20-18(14)19(24-31-20)10-2-1-3-13(8-10)26(29)30/h1-8,14-18,20H,9H2/t14-,15-,16-,17-,18+,20-/m1/s1. The molecule has 0 aromatic heterocycles. The Morgan fingerprint density at radius 1 is 1.03 bits per heavy atom. The van der Waals surface area contributed by atoms with Gasteiger partial charge in [0, 0.05) is 34.6 Å². The SMILES string of the molecule is O=C1[C@@H]2[C@H]3C[C@@H]([C@H]4C(c5cccc([N+](=O)[O-])c5)=NO[C@H]34)[C@H]2C(=O)N1c1ccc(Cl)cc1. The number of imide groups is 1. The van der Waals surface area contributed by atoms with Gasteiger partial charge in [0.05, 0.1) is 28.2 Å². The number of nitro groups is 1. The molecule has 2 bridgehead atoms. The van der Waals surface area contributed by atoms with Crippen LogP contribution in [0.3, 0.4) is 0 Å². The van der Waals surface area contributed by atoms with E-state index in [-0.39, 0.29) is 41.4 Å². The Morgan fingerprint density at radius 3 is 2.45 bits per heavy atom. The highest BCUT2D eigenvalue weighted by Crippen LogP contribution is 2.62. The van der Waals surface area contributed by atoms with Crippen molar-refractivity contribution in [3.05, 3.63) is 69.2 Å². The quantitative estimate of drug-likeness (QED) is 0.416. The molecule has 0 N–H and O–H groups in total. The number of carbonyl (C=O) groups excluding carboxylic acids is 2.